The normalized spacial score (nSPS) is 22.1. The number of carbonyl (C=O) groups excluding carboxylic acids is 1. The lowest BCUT2D eigenvalue weighted by Gasteiger charge is -2.27. The van der Waals surface area contributed by atoms with E-state index in [0.717, 1.165) is 16.9 Å². The van der Waals surface area contributed by atoms with Crippen LogP contribution >= 0.6 is 11.3 Å². The standard InChI is InChI=1S/C18H22N2O4S3/c1-4-19-15-9-12(3)27(23,24)18-14(15)10-16(25-18)26(22)20-17(21)13-7-5-11(2)6-8-13/h5-8,10,12,15,19H,4,9H2,1-3H3,(H,20,21)/t12?,15-,26?/m0/s1. The van der Waals surface area contributed by atoms with Gasteiger partial charge in [-0.05, 0) is 38.9 Å². The van der Waals surface area contributed by atoms with Crippen LogP contribution in [0.5, 0.6) is 0 Å². The molecule has 0 radical (unpaired) electrons. The van der Waals surface area contributed by atoms with Crippen molar-refractivity contribution < 1.29 is 17.8 Å². The van der Waals surface area contributed by atoms with Crippen LogP contribution in [-0.4, -0.2) is 30.7 Å². The molecule has 6 nitrogen and oxygen atoms in total. The lowest BCUT2D eigenvalue weighted by molar-refractivity contribution is 0.0981. The molecule has 0 saturated carbocycles. The molecule has 0 fully saturated rings. The minimum absolute atomic E-state index is 0.0988. The zero-order valence-corrected chi connectivity index (χ0v) is 17.8. The first-order chi connectivity index (χ1) is 12.7. The van der Waals surface area contributed by atoms with E-state index >= 15 is 0 Å². The van der Waals surface area contributed by atoms with Crippen molar-refractivity contribution in [3.05, 3.63) is 47.0 Å². The van der Waals surface area contributed by atoms with Gasteiger partial charge < -0.3 is 9.87 Å². The van der Waals surface area contributed by atoms with Crippen molar-refractivity contribution in [1.82, 2.24) is 10.0 Å². The Labute approximate surface area is 166 Å². The minimum Gasteiger partial charge on any atom is -0.587 e. The Bertz CT molecular complexity index is 938. The number of fused-ring (bicyclic) bond motifs is 1. The zero-order valence-electron chi connectivity index (χ0n) is 15.3. The van der Waals surface area contributed by atoms with Gasteiger partial charge in [0.2, 0.25) is 4.21 Å². The van der Waals surface area contributed by atoms with Crippen LogP contribution in [0.4, 0.5) is 0 Å². The van der Waals surface area contributed by atoms with Gasteiger partial charge in [-0.2, -0.15) is 4.72 Å². The molecule has 1 amide bonds. The fourth-order valence-corrected chi connectivity index (χ4v) is 7.74. The first-order valence-electron chi connectivity index (χ1n) is 8.64. The summed E-state index contributed by atoms with van der Waals surface area (Å²) in [5.41, 5.74) is 2.07. The molecule has 0 bridgehead atoms. The highest BCUT2D eigenvalue weighted by atomic mass is 32.3. The van der Waals surface area contributed by atoms with E-state index in [4.69, 9.17) is 0 Å². The van der Waals surface area contributed by atoms with Crippen molar-refractivity contribution in [3.8, 4) is 0 Å². The topological polar surface area (TPSA) is 98.3 Å². The van der Waals surface area contributed by atoms with E-state index in [1.165, 1.54) is 0 Å². The first kappa shape index (κ1) is 20.3. The van der Waals surface area contributed by atoms with E-state index < -0.39 is 32.4 Å². The van der Waals surface area contributed by atoms with Gasteiger partial charge in [0.25, 0.3) is 5.91 Å². The highest BCUT2D eigenvalue weighted by molar-refractivity contribution is 7.95. The molecular weight excluding hydrogens is 404 g/mol. The van der Waals surface area contributed by atoms with Crippen molar-refractivity contribution in [1.29, 1.82) is 0 Å². The van der Waals surface area contributed by atoms with Crippen molar-refractivity contribution in [2.45, 2.75) is 46.9 Å². The molecule has 1 aliphatic rings. The average Bonchev–Trinajstić information content (AvgIpc) is 3.07. The second-order valence-electron chi connectivity index (χ2n) is 6.58. The van der Waals surface area contributed by atoms with E-state index in [-0.39, 0.29) is 10.3 Å². The predicted molar refractivity (Wildman–Crippen MR) is 107 cm³/mol. The fraction of sp³-hybridized carbons (Fsp3) is 0.389. The van der Waals surface area contributed by atoms with E-state index in [0.29, 0.717) is 28.3 Å². The molecule has 2 N–H and O–H groups in total. The first-order valence-corrected chi connectivity index (χ1v) is 12.2. The molecule has 3 atom stereocenters. The minimum atomic E-state index is -3.44. The van der Waals surface area contributed by atoms with Gasteiger partial charge in [-0.3, -0.25) is 4.79 Å². The molecule has 2 unspecified atom stereocenters. The van der Waals surface area contributed by atoms with Crippen molar-refractivity contribution >= 4 is 38.4 Å². The van der Waals surface area contributed by atoms with Crippen LogP contribution in [0.25, 0.3) is 0 Å². The lowest BCUT2D eigenvalue weighted by Crippen LogP contribution is -2.33. The van der Waals surface area contributed by atoms with Gasteiger partial charge >= 0.3 is 0 Å². The second-order valence-corrected chi connectivity index (χ2v) is 11.6. The number of amides is 1. The zero-order chi connectivity index (χ0) is 19.8. The molecule has 9 heteroatoms. The number of nitrogens with one attached hydrogen (secondary N) is 2. The summed E-state index contributed by atoms with van der Waals surface area (Å²) in [4.78, 5) is 12.3. The van der Waals surface area contributed by atoms with Crippen LogP contribution in [0, 0.1) is 6.92 Å². The van der Waals surface area contributed by atoms with Crippen LogP contribution in [0.2, 0.25) is 0 Å². The average molecular weight is 427 g/mol. The lowest BCUT2D eigenvalue weighted by atomic mass is 10.1. The predicted octanol–water partition coefficient (Wildman–Crippen LogP) is 2.73. The molecule has 0 aliphatic carbocycles. The number of thiophene rings is 1. The van der Waals surface area contributed by atoms with Crippen LogP contribution in [0.1, 0.15) is 47.8 Å². The van der Waals surface area contributed by atoms with E-state index in [1.807, 2.05) is 13.8 Å². The van der Waals surface area contributed by atoms with E-state index in [1.54, 1.807) is 37.3 Å². The molecule has 27 heavy (non-hydrogen) atoms. The number of rotatable bonds is 5. The molecule has 2 heterocycles. The summed E-state index contributed by atoms with van der Waals surface area (Å²) in [6, 6.07) is 8.47. The monoisotopic (exact) mass is 426 g/mol. The van der Waals surface area contributed by atoms with E-state index in [9.17, 15) is 17.8 Å². The van der Waals surface area contributed by atoms with Crippen LogP contribution in [0.3, 0.4) is 0 Å². The van der Waals surface area contributed by atoms with Gasteiger partial charge in [-0.1, -0.05) is 36.0 Å². The van der Waals surface area contributed by atoms with E-state index in [2.05, 4.69) is 10.0 Å². The molecule has 0 saturated heterocycles. The molecule has 3 rings (SSSR count). The maximum atomic E-state index is 12.7. The third-order valence-electron chi connectivity index (χ3n) is 4.57. The van der Waals surface area contributed by atoms with Crippen LogP contribution in [0.15, 0.2) is 38.8 Å². The van der Waals surface area contributed by atoms with Gasteiger partial charge in [0, 0.05) is 23.2 Å². The summed E-state index contributed by atoms with van der Waals surface area (Å²) in [5.74, 6) is -0.459. The quantitative estimate of drug-likeness (QED) is 0.717. The number of aryl methyl sites for hydroxylation is 1. The maximum Gasteiger partial charge on any atom is 0.292 e. The van der Waals surface area contributed by atoms with Gasteiger partial charge in [-0.15, -0.1) is 0 Å². The van der Waals surface area contributed by atoms with Gasteiger partial charge in [0.1, 0.15) is 15.6 Å². The van der Waals surface area contributed by atoms with Crippen LogP contribution < -0.4 is 10.0 Å². The number of hydrogen-bond acceptors (Lipinski definition) is 6. The van der Waals surface area contributed by atoms with Gasteiger partial charge in [0.05, 0.1) is 5.25 Å². The number of carbonyl (C=O) groups is 1. The van der Waals surface area contributed by atoms with Gasteiger partial charge in [-0.25, -0.2) is 8.42 Å². The SMILES string of the molecule is CCN[C@H]1CC(C)S(=O)(=O)c2sc([S+]([O-])NC(=O)c3ccc(C)cc3)cc21. The Morgan fingerprint density at radius 3 is 2.63 bits per heavy atom. The molecule has 146 valence electrons. The Kier molecular flexibility index (Phi) is 5.97. The maximum absolute atomic E-state index is 12.7. The third kappa shape index (κ3) is 4.07. The summed E-state index contributed by atoms with van der Waals surface area (Å²) in [6.07, 6.45) is 0.474. The Morgan fingerprint density at radius 1 is 1.33 bits per heavy atom. The number of hydrogen-bond donors (Lipinski definition) is 2. The molecular formula is C18H22N2O4S3. The summed E-state index contributed by atoms with van der Waals surface area (Å²) < 4.78 is 41.0. The highest BCUT2D eigenvalue weighted by Crippen LogP contribution is 2.42. The highest BCUT2D eigenvalue weighted by Gasteiger charge is 2.40. The summed E-state index contributed by atoms with van der Waals surface area (Å²) in [5, 5.41) is 2.79. The summed E-state index contributed by atoms with van der Waals surface area (Å²) in [6.45, 7) is 6.27. The molecule has 1 aromatic heterocycles. The van der Waals surface area contributed by atoms with Crippen molar-refractivity contribution in [2.75, 3.05) is 6.54 Å². The molecule has 1 aliphatic heterocycles. The Morgan fingerprint density at radius 2 is 2.00 bits per heavy atom. The smallest absolute Gasteiger partial charge is 0.292 e. The van der Waals surface area contributed by atoms with Crippen LogP contribution in [-0.2, 0) is 21.2 Å². The Hall–Kier alpha value is -1.39. The number of benzene rings is 1. The summed E-state index contributed by atoms with van der Waals surface area (Å²) >= 11 is -0.840. The largest absolute Gasteiger partial charge is 0.587 e. The third-order valence-corrected chi connectivity index (χ3v) is 9.82. The van der Waals surface area contributed by atoms with Crippen molar-refractivity contribution in [3.63, 3.8) is 0 Å². The summed E-state index contributed by atoms with van der Waals surface area (Å²) in [7, 11) is -3.44. The fourth-order valence-electron chi connectivity index (χ4n) is 3.03. The number of sulfone groups is 1. The van der Waals surface area contributed by atoms with Crippen molar-refractivity contribution in [2.24, 2.45) is 0 Å². The van der Waals surface area contributed by atoms with Gasteiger partial charge in [0.15, 0.2) is 9.84 Å². The molecule has 2 aromatic rings. The molecule has 1 aromatic carbocycles. The Balaban J connectivity index is 1.86. The molecule has 0 spiro atoms. The second kappa shape index (κ2) is 7.92.